The Kier molecular flexibility index (Phi) is 3.40. The molecule has 2 aromatic rings. The van der Waals surface area contributed by atoms with E-state index in [0.29, 0.717) is 0 Å². The highest BCUT2D eigenvalue weighted by Crippen LogP contribution is 2.21. The average molecular weight is 227 g/mol. The Labute approximate surface area is 102 Å². The van der Waals surface area contributed by atoms with Crippen LogP contribution >= 0.6 is 0 Å². The van der Waals surface area contributed by atoms with Crippen LogP contribution in [0.25, 0.3) is 0 Å². The third-order valence-corrected chi connectivity index (χ3v) is 2.83. The molecule has 2 rings (SSSR count). The molecule has 0 radical (unpaired) electrons. The first-order chi connectivity index (χ1) is 8.18. The SMILES string of the molecule is CN(C)c1ccc(C(N)c2ccncc2)cc1. The standard InChI is InChI=1S/C14H17N3/c1-17(2)13-5-3-11(4-6-13)14(15)12-7-9-16-10-8-12/h3-10,14H,15H2,1-2H3. The number of anilines is 1. The maximum Gasteiger partial charge on any atom is 0.0552 e. The van der Waals surface area contributed by atoms with Gasteiger partial charge >= 0.3 is 0 Å². The second-order valence-electron chi connectivity index (χ2n) is 4.24. The van der Waals surface area contributed by atoms with E-state index in [-0.39, 0.29) is 6.04 Å². The molecular weight excluding hydrogens is 210 g/mol. The molecule has 0 aliphatic rings. The molecule has 1 aromatic carbocycles. The summed E-state index contributed by atoms with van der Waals surface area (Å²) in [6.45, 7) is 0. The number of benzene rings is 1. The van der Waals surface area contributed by atoms with Gasteiger partial charge in [0.25, 0.3) is 0 Å². The monoisotopic (exact) mass is 227 g/mol. The predicted octanol–water partition coefficient (Wildman–Crippen LogP) is 2.20. The van der Waals surface area contributed by atoms with Crippen molar-refractivity contribution >= 4 is 5.69 Å². The maximum absolute atomic E-state index is 6.20. The third-order valence-electron chi connectivity index (χ3n) is 2.83. The van der Waals surface area contributed by atoms with Crippen molar-refractivity contribution in [3.63, 3.8) is 0 Å². The van der Waals surface area contributed by atoms with Gasteiger partial charge in [0, 0.05) is 32.2 Å². The van der Waals surface area contributed by atoms with Gasteiger partial charge in [-0.1, -0.05) is 12.1 Å². The zero-order valence-electron chi connectivity index (χ0n) is 10.2. The molecule has 17 heavy (non-hydrogen) atoms. The van der Waals surface area contributed by atoms with Gasteiger partial charge in [-0.15, -0.1) is 0 Å². The van der Waals surface area contributed by atoms with Crippen molar-refractivity contribution in [3.8, 4) is 0 Å². The second-order valence-corrected chi connectivity index (χ2v) is 4.24. The van der Waals surface area contributed by atoms with Crippen molar-refractivity contribution in [2.45, 2.75) is 6.04 Å². The van der Waals surface area contributed by atoms with E-state index in [4.69, 9.17) is 5.73 Å². The Hall–Kier alpha value is -1.87. The van der Waals surface area contributed by atoms with Gasteiger partial charge in [-0.2, -0.15) is 0 Å². The summed E-state index contributed by atoms with van der Waals surface area (Å²) >= 11 is 0. The van der Waals surface area contributed by atoms with E-state index in [1.807, 2.05) is 26.2 Å². The normalized spacial score (nSPS) is 12.2. The summed E-state index contributed by atoms with van der Waals surface area (Å²) < 4.78 is 0. The Morgan fingerprint density at radius 2 is 1.47 bits per heavy atom. The molecule has 88 valence electrons. The van der Waals surface area contributed by atoms with Gasteiger partial charge in [0.15, 0.2) is 0 Å². The van der Waals surface area contributed by atoms with Crippen LogP contribution in [0.5, 0.6) is 0 Å². The van der Waals surface area contributed by atoms with Gasteiger partial charge in [0.2, 0.25) is 0 Å². The summed E-state index contributed by atoms with van der Waals surface area (Å²) in [5, 5.41) is 0. The molecule has 1 heterocycles. The van der Waals surface area contributed by atoms with Gasteiger partial charge in [-0.05, 0) is 35.4 Å². The number of pyridine rings is 1. The van der Waals surface area contributed by atoms with E-state index in [1.165, 1.54) is 5.69 Å². The minimum Gasteiger partial charge on any atom is -0.378 e. The van der Waals surface area contributed by atoms with Crippen LogP contribution in [-0.2, 0) is 0 Å². The Morgan fingerprint density at radius 1 is 0.941 bits per heavy atom. The second kappa shape index (κ2) is 4.97. The van der Waals surface area contributed by atoms with Crippen molar-refractivity contribution in [1.29, 1.82) is 0 Å². The van der Waals surface area contributed by atoms with Crippen molar-refractivity contribution in [2.24, 2.45) is 5.73 Å². The first-order valence-electron chi connectivity index (χ1n) is 5.61. The topological polar surface area (TPSA) is 42.1 Å². The van der Waals surface area contributed by atoms with Gasteiger partial charge in [-0.25, -0.2) is 0 Å². The highest BCUT2D eigenvalue weighted by Gasteiger charge is 2.08. The Morgan fingerprint density at radius 3 is 2.00 bits per heavy atom. The highest BCUT2D eigenvalue weighted by atomic mass is 15.1. The van der Waals surface area contributed by atoms with Crippen LogP contribution in [-0.4, -0.2) is 19.1 Å². The molecule has 0 saturated heterocycles. The lowest BCUT2D eigenvalue weighted by atomic mass is 10.0. The first-order valence-corrected chi connectivity index (χ1v) is 5.61. The molecule has 0 fully saturated rings. The van der Waals surface area contributed by atoms with E-state index in [0.717, 1.165) is 11.1 Å². The summed E-state index contributed by atoms with van der Waals surface area (Å²) in [6, 6.07) is 12.1. The van der Waals surface area contributed by atoms with E-state index in [9.17, 15) is 0 Å². The number of hydrogen-bond donors (Lipinski definition) is 1. The average Bonchev–Trinajstić information content (AvgIpc) is 2.39. The lowest BCUT2D eigenvalue weighted by Crippen LogP contribution is -2.13. The van der Waals surface area contributed by atoms with Crippen LogP contribution in [0.4, 0.5) is 5.69 Å². The lowest BCUT2D eigenvalue weighted by Gasteiger charge is -2.16. The molecule has 0 bridgehead atoms. The minimum atomic E-state index is -0.0887. The number of nitrogens with two attached hydrogens (primary N) is 1. The fourth-order valence-electron chi connectivity index (χ4n) is 1.74. The zero-order chi connectivity index (χ0) is 12.3. The van der Waals surface area contributed by atoms with Gasteiger partial charge in [0.1, 0.15) is 0 Å². The molecule has 1 aromatic heterocycles. The van der Waals surface area contributed by atoms with Crippen LogP contribution in [0.1, 0.15) is 17.2 Å². The van der Waals surface area contributed by atoms with Crippen molar-refractivity contribution < 1.29 is 0 Å². The van der Waals surface area contributed by atoms with Gasteiger partial charge < -0.3 is 10.6 Å². The van der Waals surface area contributed by atoms with Crippen LogP contribution in [0.15, 0.2) is 48.8 Å². The molecule has 0 saturated carbocycles. The fraction of sp³-hybridized carbons (Fsp3) is 0.214. The summed E-state index contributed by atoms with van der Waals surface area (Å²) in [5.74, 6) is 0. The molecule has 3 heteroatoms. The largest absolute Gasteiger partial charge is 0.378 e. The molecule has 0 aliphatic carbocycles. The van der Waals surface area contributed by atoms with Crippen LogP contribution < -0.4 is 10.6 Å². The Balaban J connectivity index is 2.23. The van der Waals surface area contributed by atoms with Gasteiger partial charge in [-0.3, -0.25) is 4.98 Å². The number of hydrogen-bond acceptors (Lipinski definition) is 3. The lowest BCUT2D eigenvalue weighted by molar-refractivity contribution is 0.867. The minimum absolute atomic E-state index is 0.0887. The van der Waals surface area contributed by atoms with E-state index in [1.54, 1.807) is 12.4 Å². The number of nitrogens with zero attached hydrogens (tertiary/aromatic N) is 2. The molecule has 2 N–H and O–H groups in total. The number of rotatable bonds is 3. The van der Waals surface area contributed by atoms with Crippen molar-refractivity contribution in [1.82, 2.24) is 4.98 Å². The molecule has 3 nitrogen and oxygen atoms in total. The molecule has 0 amide bonds. The third kappa shape index (κ3) is 2.63. The zero-order valence-corrected chi connectivity index (χ0v) is 10.2. The molecule has 1 unspecified atom stereocenters. The highest BCUT2D eigenvalue weighted by molar-refractivity contribution is 5.47. The number of aromatic nitrogens is 1. The quantitative estimate of drug-likeness (QED) is 0.874. The summed E-state index contributed by atoms with van der Waals surface area (Å²) in [6.07, 6.45) is 3.53. The van der Waals surface area contributed by atoms with E-state index < -0.39 is 0 Å². The molecule has 0 aliphatic heterocycles. The van der Waals surface area contributed by atoms with Crippen LogP contribution in [0.3, 0.4) is 0 Å². The summed E-state index contributed by atoms with van der Waals surface area (Å²) in [7, 11) is 4.05. The van der Waals surface area contributed by atoms with Crippen LogP contribution in [0.2, 0.25) is 0 Å². The molecule has 1 atom stereocenters. The van der Waals surface area contributed by atoms with E-state index in [2.05, 4.69) is 34.1 Å². The fourth-order valence-corrected chi connectivity index (χ4v) is 1.74. The smallest absolute Gasteiger partial charge is 0.0552 e. The molecule has 0 spiro atoms. The van der Waals surface area contributed by atoms with Crippen molar-refractivity contribution in [3.05, 3.63) is 59.9 Å². The summed E-state index contributed by atoms with van der Waals surface area (Å²) in [4.78, 5) is 6.07. The van der Waals surface area contributed by atoms with Crippen LogP contribution in [0, 0.1) is 0 Å². The van der Waals surface area contributed by atoms with Crippen molar-refractivity contribution in [2.75, 3.05) is 19.0 Å². The van der Waals surface area contributed by atoms with Gasteiger partial charge in [0.05, 0.1) is 6.04 Å². The summed E-state index contributed by atoms with van der Waals surface area (Å²) in [5.41, 5.74) is 9.57. The first kappa shape index (κ1) is 11.6. The maximum atomic E-state index is 6.20. The Bertz CT molecular complexity index is 463. The molecular formula is C14H17N3. The predicted molar refractivity (Wildman–Crippen MR) is 71.0 cm³/mol. The van der Waals surface area contributed by atoms with E-state index >= 15 is 0 Å².